The van der Waals surface area contributed by atoms with Crippen molar-refractivity contribution in [2.24, 2.45) is 0 Å². The zero-order valence-electron chi connectivity index (χ0n) is 10.3. The molecule has 2 heterocycles. The predicted octanol–water partition coefficient (Wildman–Crippen LogP) is 2.92. The summed E-state index contributed by atoms with van der Waals surface area (Å²) in [6, 6.07) is 9.61. The minimum absolute atomic E-state index is 0.155. The largest absolute Gasteiger partial charge is 0.424 e. The third-order valence-electron chi connectivity index (χ3n) is 2.92. The molecule has 0 saturated carbocycles. The number of ether oxygens (including phenoxy) is 1. The van der Waals surface area contributed by atoms with Crippen molar-refractivity contribution in [3.63, 3.8) is 0 Å². The van der Waals surface area contributed by atoms with E-state index >= 15 is 0 Å². The lowest BCUT2D eigenvalue weighted by molar-refractivity contribution is 0.439. The fourth-order valence-corrected chi connectivity index (χ4v) is 2.17. The van der Waals surface area contributed by atoms with Crippen LogP contribution in [0.5, 0.6) is 11.8 Å². The first-order valence-corrected chi connectivity index (χ1v) is 6.58. The van der Waals surface area contributed by atoms with Gasteiger partial charge in [-0.2, -0.15) is 15.0 Å². The fraction of sp³-hybridized carbons (Fsp3) is 0.308. The number of para-hydroxylation sites is 1. The number of hydrogen-bond donors (Lipinski definition) is 0. The van der Waals surface area contributed by atoms with Gasteiger partial charge in [0.15, 0.2) is 0 Å². The molecule has 2 aromatic rings. The Bertz CT molecular complexity index is 558. The highest BCUT2D eigenvalue weighted by atomic mass is 35.5. The Balaban J connectivity index is 1.85. The van der Waals surface area contributed by atoms with Gasteiger partial charge in [0, 0.05) is 13.1 Å². The van der Waals surface area contributed by atoms with Crippen LogP contribution in [0.3, 0.4) is 0 Å². The van der Waals surface area contributed by atoms with Crippen LogP contribution in [0.15, 0.2) is 30.3 Å². The van der Waals surface area contributed by atoms with Gasteiger partial charge in [0.1, 0.15) is 5.75 Å². The number of rotatable bonds is 3. The zero-order chi connectivity index (χ0) is 13.1. The molecule has 1 aromatic carbocycles. The number of aromatic nitrogens is 3. The Labute approximate surface area is 116 Å². The van der Waals surface area contributed by atoms with Crippen LogP contribution >= 0.6 is 11.6 Å². The second-order valence-corrected chi connectivity index (χ2v) is 4.63. The van der Waals surface area contributed by atoms with E-state index in [-0.39, 0.29) is 11.3 Å². The maximum Gasteiger partial charge on any atom is 0.328 e. The van der Waals surface area contributed by atoms with Crippen LogP contribution in [0.2, 0.25) is 5.28 Å². The first-order chi connectivity index (χ1) is 9.31. The van der Waals surface area contributed by atoms with Crippen LogP contribution in [0.1, 0.15) is 12.8 Å². The van der Waals surface area contributed by atoms with E-state index in [1.54, 1.807) is 0 Å². The molecule has 5 nitrogen and oxygen atoms in total. The van der Waals surface area contributed by atoms with Gasteiger partial charge in [0.05, 0.1) is 0 Å². The van der Waals surface area contributed by atoms with Crippen LogP contribution in [-0.4, -0.2) is 28.0 Å². The van der Waals surface area contributed by atoms with E-state index in [2.05, 4.69) is 19.9 Å². The van der Waals surface area contributed by atoms with Gasteiger partial charge in [-0.05, 0) is 36.6 Å². The minimum Gasteiger partial charge on any atom is -0.424 e. The standard InChI is InChI=1S/C13H13ClN4O/c14-11-15-12(18-8-4-5-9-18)17-13(16-11)19-10-6-2-1-3-7-10/h1-3,6-7H,4-5,8-9H2. The Morgan fingerprint density at radius 3 is 2.47 bits per heavy atom. The smallest absolute Gasteiger partial charge is 0.328 e. The molecule has 1 aliphatic heterocycles. The van der Waals surface area contributed by atoms with Gasteiger partial charge in [-0.3, -0.25) is 0 Å². The van der Waals surface area contributed by atoms with Gasteiger partial charge in [0.25, 0.3) is 0 Å². The van der Waals surface area contributed by atoms with Crippen molar-refractivity contribution in [3.05, 3.63) is 35.6 Å². The van der Waals surface area contributed by atoms with Crippen molar-refractivity contribution in [2.45, 2.75) is 12.8 Å². The average Bonchev–Trinajstić information content (AvgIpc) is 2.93. The Hall–Kier alpha value is -1.88. The van der Waals surface area contributed by atoms with E-state index in [1.807, 2.05) is 30.3 Å². The van der Waals surface area contributed by atoms with Crippen molar-refractivity contribution in [1.82, 2.24) is 15.0 Å². The van der Waals surface area contributed by atoms with Gasteiger partial charge in [-0.15, -0.1) is 0 Å². The molecule has 1 aromatic heterocycles. The number of nitrogens with zero attached hydrogens (tertiary/aromatic N) is 4. The van der Waals surface area contributed by atoms with Crippen molar-refractivity contribution >= 4 is 17.5 Å². The van der Waals surface area contributed by atoms with Crippen molar-refractivity contribution in [1.29, 1.82) is 0 Å². The Kier molecular flexibility index (Phi) is 3.46. The molecule has 0 unspecified atom stereocenters. The number of benzene rings is 1. The SMILES string of the molecule is Clc1nc(Oc2ccccc2)nc(N2CCCC2)n1. The van der Waals surface area contributed by atoms with E-state index < -0.39 is 0 Å². The summed E-state index contributed by atoms with van der Waals surface area (Å²) in [6.45, 7) is 1.90. The van der Waals surface area contributed by atoms with Gasteiger partial charge < -0.3 is 9.64 Å². The maximum atomic E-state index is 5.93. The van der Waals surface area contributed by atoms with Crippen LogP contribution in [0.25, 0.3) is 0 Å². The molecule has 0 amide bonds. The van der Waals surface area contributed by atoms with Crippen molar-refractivity contribution < 1.29 is 4.74 Å². The molecular weight excluding hydrogens is 264 g/mol. The zero-order valence-corrected chi connectivity index (χ0v) is 11.0. The van der Waals surface area contributed by atoms with Gasteiger partial charge in [0.2, 0.25) is 11.2 Å². The average molecular weight is 277 g/mol. The van der Waals surface area contributed by atoms with E-state index in [0.29, 0.717) is 11.7 Å². The first-order valence-electron chi connectivity index (χ1n) is 6.21. The van der Waals surface area contributed by atoms with E-state index in [9.17, 15) is 0 Å². The molecule has 0 bridgehead atoms. The molecule has 1 fully saturated rings. The van der Waals surface area contributed by atoms with Crippen LogP contribution in [0, 0.1) is 0 Å². The van der Waals surface area contributed by atoms with Gasteiger partial charge in [-0.1, -0.05) is 18.2 Å². The molecule has 0 atom stereocenters. The van der Waals surface area contributed by atoms with Gasteiger partial charge >= 0.3 is 6.01 Å². The normalized spacial score (nSPS) is 14.7. The summed E-state index contributed by atoms with van der Waals surface area (Å²) in [5.74, 6) is 1.26. The molecule has 19 heavy (non-hydrogen) atoms. The molecule has 6 heteroatoms. The molecule has 0 N–H and O–H groups in total. The van der Waals surface area contributed by atoms with Crippen LogP contribution in [0.4, 0.5) is 5.95 Å². The van der Waals surface area contributed by atoms with Crippen LogP contribution in [-0.2, 0) is 0 Å². The van der Waals surface area contributed by atoms with E-state index in [0.717, 1.165) is 25.9 Å². The first kappa shape index (κ1) is 12.2. The predicted molar refractivity (Wildman–Crippen MR) is 72.8 cm³/mol. The lowest BCUT2D eigenvalue weighted by Gasteiger charge is -2.15. The molecule has 3 rings (SSSR count). The molecule has 98 valence electrons. The summed E-state index contributed by atoms with van der Waals surface area (Å²) in [5, 5.41) is 0.155. The van der Waals surface area contributed by atoms with Crippen LogP contribution < -0.4 is 9.64 Å². The molecule has 0 spiro atoms. The number of hydrogen-bond acceptors (Lipinski definition) is 5. The number of halogens is 1. The third kappa shape index (κ3) is 2.93. The van der Waals surface area contributed by atoms with E-state index in [4.69, 9.17) is 16.3 Å². The fourth-order valence-electron chi connectivity index (χ4n) is 2.02. The highest BCUT2D eigenvalue weighted by Crippen LogP contribution is 2.22. The highest BCUT2D eigenvalue weighted by Gasteiger charge is 2.17. The topological polar surface area (TPSA) is 51.1 Å². The monoisotopic (exact) mass is 276 g/mol. The Morgan fingerprint density at radius 1 is 1.00 bits per heavy atom. The maximum absolute atomic E-state index is 5.93. The van der Waals surface area contributed by atoms with E-state index in [1.165, 1.54) is 0 Å². The summed E-state index contributed by atoms with van der Waals surface area (Å²) >= 11 is 5.93. The molecule has 1 aliphatic rings. The lowest BCUT2D eigenvalue weighted by Crippen LogP contribution is -2.21. The Morgan fingerprint density at radius 2 is 1.74 bits per heavy atom. The second-order valence-electron chi connectivity index (χ2n) is 4.30. The minimum atomic E-state index is 0.155. The highest BCUT2D eigenvalue weighted by molar-refractivity contribution is 6.28. The number of anilines is 1. The summed E-state index contributed by atoms with van der Waals surface area (Å²) in [7, 11) is 0. The van der Waals surface area contributed by atoms with Gasteiger partial charge in [-0.25, -0.2) is 0 Å². The molecular formula is C13H13ClN4O. The molecule has 0 radical (unpaired) electrons. The summed E-state index contributed by atoms with van der Waals surface area (Å²) in [4.78, 5) is 14.5. The third-order valence-corrected chi connectivity index (χ3v) is 3.09. The second kappa shape index (κ2) is 5.40. The van der Waals surface area contributed by atoms with Crippen molar-refractivity contribution in [3.8, 4) is 11.8 Å². The van der Waals surface area contributed by atoms with Crippen molar-refractivity contribution in [2.75, 3.05) is 18.0 Å². The lowest BCUT2D eigenvalue weighted by atomic mass is 10.3. The summed E-state index contributed by atoms with van der Waals surface area (Å²) < 4.78 is 5.59. The quantitative estimate of drug-likeness (QED) is 0.863. The summed E-state index contributed by atoms with van der Waals surface area (Å²) in [5.41, 5.74) is 0. The molecule has 1 saturated heterocycles. The summed E-state index contributed by atoms with van der Waals surface area (Å²) in [6.07, 6.45) is 2.30. The molecule has 0 aliphatic carbocycles.